The number of hydrogen-bond donors (Lipinski definition) is 1. The highest BCUT2D eigenvalue weighted by atomic mass is 16.6. The second-order valence-corrected chi connectivity index (χ2v) is 8.06. The van der Waals surface area contributed by atoms with Gasteiger partial charge in [-0.25, -0.2) is 10.2 Å². The molecule has 0 saturated heterocycles. The van der Waals surface area contributed by atoms with Crippen LogP contribution in [0.5, 0.6) is 23.0 Å². The number of carbonyl (C=O) groups is 2. The summed E-state index contributed by atoms with van der Waals surface area (Å²) in [7, 11) is 1.47. The molecule has 0 bridgehead atoms. The molecular weight excluding hydrogens is 460 g/mol. The van der Waals surface area contributed by atoms with E-state index in [-0.39, 0.29) is 12.4 Å². The van der Waals surface area contributed by atoms with Crippen LogP contribution in [0.4, 0.5) is 0 Å². The lowest BCUT2D eigenvalue weighted by Gasteiger charge is -2.10. The molecule has 0 aliphatic rings. The summed E-state index contributed by atoms with van der Waals surface area (Å²) in [4.78, 5) is 24.5. The highest BCUT2D eigenvalue weighted by Gasteiger charge is 2.13. The van der Waals surface area contributed by atoms with Crippen LogP contribution in [0, 0.1) is 0 Å². The molecule has 0 aliphatic heterocycles. The zero-order chi connectivity index (χ0) is 25.9. The van der Waals surface area contributed by atoms with Crippen molar-refractivity contribution in [1.29, 1.82) is 0 Å². The lowest BCUT2D eigenvalue weighted by Crippen LogP contribution is -2.24. The van der Waals surface area contributed by atoms with Crippen molar-refractivity contribution in [2.24, 2.45) is 5.10 Å². The predicted octanol–water partition coefficient (Wildman–Crippen LogP) is 4.97. The van der Waals surface area contributed by atoms with Crippen LogP contribution in [0.25, 0.3) is 0 Å². The van der Waals surface area contributed by atoms with Crippen molar-refractivity contribution in [3.63, 3.8) is 0 Å². The number of rotatable bonds is 11. The van der Waals surface area contributed by atoms with E-state index in [0.717, 1.165) is 0 Å². The van der Waals surface area contributed by atoms with Crippen LogP contribution in [0.3, 0.4) is 0 Å². The molecule has 0 saturated carbocycles. The van der Waals surface area contributed by atoms with Gasteiger partial charge >= 0.3 is 5.97 Å². The average molecular weight is 491 g/mol. The van der Waals surface area contributed by atoms with Gasteiger partial charge < -0.3 is 18.9 Å². The number of carbonyl (C=O) groups excluding carboxylic acids is 2. The van der Waals surface area contributed by atoms with Crippen LogP contribution in [0.1, 0.15) is 48.2 Å². The van der Waals surface area contributed by atoms with Crippen LogP contribution in [0.2, 0.25) is 0 Å². The van der Waals surface area contributed by atoms with Gasteiger partial charge in [0.05, 0.1) is 25.5 Å². The van der Waals surface area contributed by atoms with Gasteiger partial charge in [0, 0.05) is 0 Å². The molecule has 188 valence electrons. The molecule has 0 aromatic heterocycles. The van der Waals surface area contributed by atoms with E-state index in [4.69, 9.17) is 18.9 Å². The Morgan fingerprint density at radius 1 is 0.917 bits per heavy atom. The first kappa shape index (κ1) is 26.3. The van der Waals surface area contributed by atoms with Crippen molar-refractivity contribution in [2.75, 3.05) is 20.3 Å². The van der Waals surface area contributed by atoms with Gasteiger partial charge in [0.25, 0.3) is 5.91 Å². The Labute approximate surface area is 210 Å². The first-order chi connectivity index (χ1) is 17.4. The molecule has 0 fully saturated rings. The van der Waals surface area contributed by atoms with Crippen LogP contribution in [-0.2, 0) is 4.79 Å². The number of esters is 1. The maximum Gasteiger partial charge on any atom is 0.343 e. The summed E-state index contributed by atoms with van der Waals surface area (Å²) >= 11 is 0. The maximum atomic E-state index is 12.5. The van der Waals surface area contributed by atoms with Gasteiger partial charge in [-0.1, -0.05) is 26.0 Å². The van der Waals surface area contributed by atoms with Gasteiger partial charge in [0.1, 0.15) is 11.5 Å². The van der Waals surface area contributed by atoms with E-state index in [1.54, 1.807) is 42.5 Å². The molecule has 0 radical (unpaired) electrons. The lowest BCUT2D eigenvalue weighted by atomic mass is 10.0. The molecule has 36 heavy (non-hydrogen) atoms. The molecule has 8 heteroatoms. The summed E-state index contributed by atoms with van der Waals surface area (Å²) < 4.78 is 21.7. The van der Waals surface area contributed by atoms with E-state index in [1.165, 1.54) is 18.9 Å². The number of hydrazone groups is 1. The Kier molecular flexibility index (Phi) is 9.45. The highest BCUT2D eigenvalue weighted by Crippen LogP contribution is 2.28. The van der Waals surface area contributed by atoms with Crippen molar-refractivity contribution in [3.8, 4) is 23.0 Å². The first-order valence-electron chi connectivity index (χ1n) is 11.6. The molecule has 1 N–H and O–H groups in total. The van der Waals surface area contributed by atoms with Gasteiger partial charge in [0.2, 0.25) is 0 Å². The molecule has 3 aromatic carbocycles. The SMILES string of the molecule is CCOc1ccc(C(=O)Oc2ccc(C=NNC(=O)COc3ccc(C(C)C)cc3)cc2OC)cc1. The Morgan fingerprint density at radius 2 is 1.58 bits per heavy atom. The third kappa shape index (κ3) is 7.59. The van der Waals surface area contributed by atoms with Crippen molar-refractivity contribution in [3.05, 3.63) is 83.4 Å². The second kappa shape index (κ2) is 12.9. The van der Waals surface area contributed by atoms with E-state index in [9.17, 15) is 9.59 Å². The third-order valence-corrected chi connectivity index (χ3v) is 5.11. The van der Waals surface area contributed by atoms with E-state index in [0.29, 0.717) is 40.9 Å². The van der Waals surface area contributed by atoms with Crippen molar-refractivity contribution >= 4 is 18.1 Å². The maximum absolute atomic E-state index is 12.5. The van der Waals surface area contributed by atoms with Crippen LogP contribution in [0.15, 0.2) is 71.8 Å². The predicted molar refractivity (Wildman–Crippen MR) is 137 cm³/mol. The summed E-state index contributed by atoms with van der Waals surface area (Å²) in [5.74, 6) is 1.39. The van der Waals surface area contributed by atoms with Crippen molar-refractivity contribution in [1.82, 2.24) is 5.43 Å². The zero-order valence-corrected chi connectivity index (χ0v) is 20.8. The van der Waals surface area contributed by atoms with Crippen molar-refractivity contribution < 1.29 is 28.5 Å². The standard InChI is InChI=1S/C28H30N2O6/c1-5-34-23-13-9-22(10-14-23)28(32)36-25-15-6-20(16-26(25)33-4)17-29-30-27(31)18-35-24-11-7-21(8-12-24)19(2)3/h6-17,19H,5,18H2,1-4H3,(H,30,31). The third-order valence-electron chi connectivity index (χ3n) is 5.11. The van der Waals surface area contributed by atoms with Gasteiger partial charge in [0.15, 0.2) is 18.1 Å². The normalized spacial score (nSPS) is 10.8. The van der Waals surface area contributed by atoms with E-state index in [1.807, 2.05) is 31.2 Å². The first-order valence-corrected chi connectivity index (χ1v) is 11.6. The van der Waals surface area contributed by atoms with Gasteiger partial charge in [-0.15, -0.1) is 0 Å². The minimum absolute atomic E-state index is 0.165. The van der Waals surface area contributed by atoms with E-state index in [2.05, 4.69) is 24.4 Å². The number of nitrogens with zero attached hydrogens (tertiary/aromatic N) is 1. The van der Waals surface area contributed by atoms with Gasteiger partial charge in [-0.3, -0.25) is 4.79 Å². The van der Waals surface area contributed by atoms with Gasteiger partial charge in [-0.2, -0.15) is 5.10 Å². The Balaban J connectivity index is 1.53. The zero-order valence-electron chi connectivity index (χ0n) is 20.8. The summed E-state index contributed by atoms with van der Waals surface area (Å²) in [5.41, 5.74) is 4.64. The van der Waals surface area contributed by atoms with E-state index < -0.39 is 11.9 Å². The average Bonchev–Trinajstić information content (AvgIpc) is 2.89. The largest absolute Gasteiger partial charge is 0.494 e. The van der Waals surface area contributed by atoms with Crippen LogP contribution < -0.4 is 24.4 Å². The summed E-state index contributed by atoms with van der Waals surface area (Å²) in [5, 5.41) is 3.95. The number of nitrogens with one attached hydrogen (secondary N) is 1. The quantitative estimate of drug-likeness (QED) is 0.177. The Bertz CT molecular complexity index is 1190. The summed E-state index contributed by atoms with van der Waals surface area (Å²) in [6.07, 6.45) is 1.45. The van der Waals surface area contributed by atoms with Crippen molar-refractivity contribution in [2.45, 2.75) is 26.7 Å². The molecule has 0 aliphatic carbocycles. The monoisotopic (exact) mass is 490 g/mol. The lowest BCUT2D eigenvalue weighted by molar-refractivity contribution is -0.123. The molecular formula is C28H30N2O6. The second-order valence-electron chi connectivity index (χ2n) is 8.06. The minimum Gasteiger partial charge on any atom is -0.494 e. The fourth-order valence-electron chi connectivity index (χ4n) is 3.17. The number of hydrogen-bond acceptors (Lipinski definition) is 7. The molecule has 1 amide bonds. The number of ether oxygens (including phenoxy) is 4. The fraction of sp³-hybridized carbons (Fsp3) is 0.250. The highest BCUT2D eigenvalue weighted by molar-refractivity contribution is 5.92. The molecule has 3 aromatic rings. The van der Waals surface area contributed by atoms with Crippen LogP contribution >= 0.6 is 0 Å². The number of methoxy groups -OCH3 is 1. The summed E-state index contributed by atoms with van der Waals surface area (Å²) in [6.45, 7) is 6.49. The molecule has 0 atom stereocenters. The summed E-state index contributed by atoms with van der Waals surface area (Å²) in [6, 6.07) is 19.2. The van der Waals surface area contributed by atoms with E-state index >= 15 is 0 Å². The van der Waals surface area contributed by atoms with Gasteiger partial charge in [-0.05, 0) is 78.6 Å². The molecule has 0 spiro atoms. The molecule has 0 heterocycles. The molecule has 0 unspecified atom stereocenters. The molecule has 8 nitrogen and oxygen atoms in total. The smallest absolute Gasteiger partial charge is 0.343 e. The topological polar surface area (TPSA) is 95.5 Å². The minimum atomic E-state index is -0.524. The van der Waals surface area contributed by atoms with Crippen LogP contribution in [-0.4, -0.2) is 38.4 Å². The number of benzene rings is 3. The Hall–Kier alpha value is -4.33. The molecule has 3 rings (SSSR count). The Morgan fingerprint density at radius 3 is 2.22 bits per heavy atom. The number of amides is 1. The fourth-order valence-corrected chi connectivity index (χ4v) is 3.17.